The zero-order valence-corrected chi connectivity index (χ0v) is 12.7. The Morgan fingerprint density at radius 2 is 2.25 bits per heavy atom. The summed E-state index contributed by atoms with van der Waals surface area (Å²) in [5, 5.41) is 7.17. The third kappa shape index (κ3) is 3.03. The summed E-state index contributed by atoms with van der Waals surface area (Å²) < 4.78 is 1.82. The van der Waals surface area contributed by atoms with Crippen molar-refractivity contribution in [1.82, 2.24) is 15.1 Å². The van der Waals surface area contributed by atoms with Gasteiger partial charge in [-0.2, -0.15) is 5.10 Å². The van der Waals surface area contributed by atoms with Crippen molar-refractivity contribution >= 4 is 5.91 Å². The minimum absolute atomic E-state index is 0.0482. The smallest absolute Gasteiger partial charge is 0.223 e. The van der Waals surface area contributed by atoms with Crippen LogP contribution in [0.1, 0.15) is 33.6 Å². The molecule has 0 bridgehead atoms. The van der Waals surface area contributed by atoms with Crippen LogP contribution in [0.15, 0.2) is 18.5 Å². The standard InChI is InChI=1S/C15H26N4O/c1-11-13(16)6-5-12(15(11,2)3)14(20)17-8-10-19-9-4-7-18-19/h4,7,9,11-13H,5-6,8,10,16H2,1-3H3,(H,17,20). The quantitative estimate of drug-likeness (QED) is 0.874. The van der Waals surface area contributed by atoms with E-state index >= 15 is 0 Å². The molecule has 112 valence electrons. The van der Waals surface area contributed by atoms with E-state index in [0.29, 0.717) is 19.0 Å². The number of nitrogens with one attached hydrogen (secondary N) is 1. The number of aromatic nitrogens is 2. The summed E-state index contributed by atoms with van der Waals surface area (Å²) in [5.74, 6) is 0.564. The number of hydrogen-bond acceptors (Lipinski definition) is 3. The normalized spacial score (nSPS) is 29.1. The van der Waals surface area contributed by atoms with Gasteiger partial charge in [0.1, 0.15) is 0 Å². The summed E-state index contributed by atoms with van der Waals surface area (Å²) >= 11 is 0. The number of carbonyl (C=O) groups excluding carboxylic acids is 1. The second-order valence-corrected chi connectivity index (χ2v) is 6.46. The molecule has 0 radical (unpaired) electrons. The molecule has 0 aliphatic heterocycles. The second-order valence-electron chi connectivity index (χ2n) is 6.46. The Kier molecular flexibility index (Phi) is 4.48. The number of nitrogens with zero attached hydrogens (tertiary/aromatic N) is 2. The van der Waals surface area contributed by atoms with E-state index in [2.05, 4.69) is 31.2 Å². The second kappa shape index (κ2) is 5.95. The molecule has 0 saturated heterocycles. The van der Waals surface area contributed by atoms with Crippen LogP contribution in [-0.4, -0.2) is 28.3 Å². The molecule has 0 spiro atoms. The summed E-state index contributed by atoms with van der Waals surface area (Å²) in [6.45, 7) is 7.81. The molecule has 1 heterocycles. The van der Waals surface area contributed by atoms with Crippen LogP contribution in [0.5, 0.6) is 0 Å². The zero-order chi connectivity index (χ0) is 14.8. The molecule has 5 nitrogen and oxygen atoms in total. The Hall–Kier alpha value is -1.36. The lowest BCUT2D eigenvalue weighted by Gasteiger charge is -2.46. The molecule has 3 N–H and O–H groups in total. The van der Waals surface area contributed by atoms with Gasteiger partial charge in [-0.3, -0.25) is 9.48 Å². The number of rotatable bonds is 4. The van der Waals surface area contributed by atoms with E-state index in [-0.39, 0.29) is 23.3 Å². The minimum Gasteiger partial charge on any atom is -0.354 e. The first-order chi connectivity index (χ1) is 9.43. The van der Waals surface area contributed by atoms with Gasteiger partial charge in [-0.15, -0.1) is 0 Å². The molecule has 3 unspecified atom stereocenters. The number of nitrogens with two attached hydrogens (primary N) is 1. The topological polar surface area (TPSA) is 72.9 Å². The fraction of sp³-hybridized carbons (Fsp3) is 0.733. The van der Waals surface area contributed by atoms with Crippen LogP contribution < -0.4 is 11.1 Å². The summed E-state index contributed by atoms with van der Waals surface area (Å²) in [7, 11) is 0. The van der Waals surface area contributed by atoms with Gasteiger partial charge in [0, 0.05) is 30.9 Å². The predicted molar refractivity (Wildman–Crippen MR) is 78.9 cm³/mol. The van der Waals surface area contributed by atoms with E-state index in [1.54, 1.807) is 6.20 Å². The maximum atomic E-state index is 12.4. The molecular formula is C15H26N4O. The van der Waals surface area contributed by atoms with Gasteiger partial charge in [-0.1, -0.05) is 20.8 Å². The first kappa shape index (κ1) is 15.0. The SMILES string of the molecule is CC1C(N)CCC(C(=O)NCCn2cccn2)C1(C)C. The Balaban J connectivity index is 1.88. The Morgan fingerprint density at radius 3 is 2.90 bits per heavy atom. The lowest BCUT2D eigenvalue weighted by Crippen LogP contribution is -2.51. The molecule has 5 heteroatoms. The molecule has 1 aliphatic carbocycles. The van der Waals surface area contributed by atoms with E-state index in [9.17, 15) is 4.79 Å². The van der Waals surface area contributed by atoms with Crippen molar-refractivity contribution in [2.24, 2.45) is 23.0 Å². The van der Waals surface area contributed by atoms with E-state index in [0.717, 1.165) is 12.8 Å². The van der Waals surface area contributed by atoms with Crippen molar-refractivity contribution < 1.29 is 4.79 Å². The molecule has 0 aromatic carbocycles. The maximum Gasteiger partial charge on any atom is 0.223 e. The monoisotopic (exact) mass is 278 g/mol. The Labute approximate surface area is 120 Å². The summed E-state index contributed by atoms with van der Waals surface area (Å²) in [6, 6.07) is 2.09. The average molecular weight is 278 g/mol. The van der Waals surface area contributed by atoms with Crippen molar-refractivity contribution in [3.63, 3.8) is 0 Å². The van der Waals surface area contributed by atoms with E-state index in [1.807, 2.05) is 16.9 Å². The molecule has 2 rings (SSSR count). The van der Waals surface area contributed by atoms with Crippen LogP contribution in [0.2, 0.25) is 0 Å². The van der Waals surface area contributed by atoms with Gasteiger partial charge in [-0.25, -0.2) is 0 Å². The van der Waals surface area contributed by atoms with Crippen molar-refractivity contribution in [3.05, 3.63) is 18.5 Å². The molecule has 1 aromatic heterocycles. The van der Waals surface area contributed by atoms with Gasteiger partial charge < -0.3 is 11.1 Å². The Bertz CT molecular complexity index is 441. The third-order valence-electron chi connectivity index (χ3n) is 5.02. The van der Waals surface area contributed by atoms with Gasteiger partial charge in [0.15, 0.2) is 0 Å². The van der Waals surface area contributed by atoms with E-state index < -0.39 is 0 Å². The average Bonchev–Trinajstić information content (AvgIpc) is 2.89. The molecule has 1 fully saturated rings. The third-order valence-corrected chi connectivity index (χ3v) is 5.02. The van der Waals surface area contributed by atoms with Crippen LogP contribution in [0.25, 0.3) is 0 Å². The maximum absolute atomic E-state index is 12.4. The van der Waals surface area contributed by atoms with Gasteiger partial charge in [-0.05, 0) is 30.2 Å². The first-order valence-corrected chi connectivity index (χ1v) is 7.43. The highest BCUT2D eigenvalue weighted by Gasteiger charge is 2.44. The zero-order valence-electron chi connectivity index (χ0n) is 12.7. The van der Waals surface area contributed by atoms with Crippen molar-refractivity contribution in [2.45, 2.75) is 46.2 Å². The number of amides is 1. The van der Waals surface area contributed by atoms with Crippen LogP contribution >= 0.6 is 0 Å². The van der Waals surface area contributed by atoms with Gasteiger partial charge in [0.05, 0.1) is 6.54 Å². The highest BCUT2D eigenvalue weighted by atomic mass is 16.1. The van der Waals surface area contributed by atoms with Crippen molar-refractivity contribution in [2.75, 3.05) is 6.54 Å². The molecule has 1 saturated carbocycles. The van der Waals surface area contributed by atoms with Crippen molar-refractivity contribution in [1.29, 1.82) is 0 Å². The van der Waals surface area contributed by atoms with Crippen molar-refractivity contribution in [3.8, 4) is 0 Å². The minimum atomic E-state index is -0.0482. The molecule has 20 heavy (non-hydrogen) atoms. The van der Waals surface area contributed by atoms with E-state index in [1.165, 1.54) is 0 Å². The first-order valence-electron chi connectivity index (χ1n) is 7.43. The fourth-order valence-corrected chi connectivity index (χ4v) is 3.17. The number of hydrogen-bond donors (Lipinski definition) is 2. The summed E-state index contributed by atoms with van der Waals surface area (Å²) in [5.41, 5.74) is 6.09. The van der Waals surface area contributed by atoms with Crippen LogP contribution in [0.3, 0.4) is 0 Å². The van der Waals surface area contributed by atoms with E-state index in [4.69, 9.17) is 5.73 Å². The van der Waals surface area contributed by atoms with Crippen LogP contribution in [0, 0.1) is 17.3 Å². The fourth-order valence-electron chi connectivity index (χ4n) is 3.17. The highest BCUT2D eigenvalue weighted by Crippen LogP contribution is 2.44. The lowest BCUT2D eigenvalue weighted by molar-refractivity contribution is -0.132. The highest BCUT2D eigenvalue weighted by molar-refractivity contribution is 5.79. The summed E-state index contributed by atoms with van der Waals surface area (Å²) in [4.78, 5) is 12.4. The molecule has 1 aromatic rings. The molecular weight excluding hydrogens is 252 g/mol. The van der Waals surface area contributed by atoms with Crippen LogP contribution in [-0.2, 0) is 11.3 Å². The Morgan fingerprint density at radius 1 is 1.50 bits per heavy atom. The van der Waals surface area contributed by atoms with Gasteiger partial charge >= 0.3 is 0 Å². The summed E-state index contributed by atoms with van der Waals surface area (Å²) in [6.07, 6.45) is 5.46. The number of carbonyl (C=O) groups is 1. The molecule has 3 atom stereocenters. The van der Waals surface area contributed by atoms with Gasteiger partial charge in [0.25, 0.3) is 0 Å². The molecule has 1 amide bonds. The molecule has 1 aliphatic rings. The van der Waals surface area contributed by atoms with Crippen LogP contribution in [0.4, 0.5) is 0 Å². The largest absolute Gasteiger partial charge is 0.354 e. The van der Waals surface area contributed by atoms with Gasteiger partial charge in [0.2, 0.25) is 5.91 Å². The lowest BCUT2D eigenvalue weighted by atomic mass is 9.61. The predicted octanol–water partition coefficient (Wildman–Crippen LogP) is 1.40.